The van der Waals surface area contributed by atoms with Crippen molar-refractivity contribution in [1.82, 2.24) is 24.8 Å². The fraction of sp³-hybridized carbons (Fsp3) is 0.409. The van der Waals surface area contributed by atoms with Crippen LogP contribution in [0.15, 0.2) is 28.5 Å². The van der Waals surface area contributed by atoms with Crippen LogP contribution < -0.4 is 15.8 Å². The van der Waals surface area contributed by atoms with Crippen LogP contribution in [0, 0.1) is 3.57 Å². The monoisotopic (exact) mass is 596 g/mol. The first-order chi connectivity index (χ1) is 16.2. The van der Waals surface area contributed by atoms with Gasteiger partial charge in [0.25, 0.3) is 5.91 Å². The minimum absolute atomic E-state index is 0.314. The number of imidazole rings is 1. The topological polar surface area (TPSA) is 134 Å². The Balaban J connectivity index is 1.52. The maximum absolute atomic E-state index is 12.4. The average Bonchev–Trinajstić information content (AvgIpc) is 3.35. The smallest absolute Gasteiger partial charge is 0.303 e. The van der Waals surface area contributed by atoms with Crippen molar-refractivity contribution in [2.75, 3.05) is 18.9 Å². The number of carbonyl (C=O) groups excluding carboxylic acids is 2. The number of nitrogen functional groups attached to an aromatic ring is 1. The van der Waals surface area contributed by atoms with E-state index in [0.29, 0.717) is 43.1 Å². The number of nitrogens with one attached hydrogen (secondary N) is 1. The molecule has 0 bridgehead atoms. The number of aromatic nitrogens is 4. The predicted octanol–water partition coefficient (Wildman–Crippen LogP) is 2.95. The van der Waals surface area contributed by atoms with E-state index in [0.717, 1.165) is 25.8 Å². The Morgan fingerprint density at radius 1 is 1.35 bits per heavy atom. The van der Waals surface area contributed by atoms with E-state index >= 15 is 0 Å². The number of halogens is 1. The first-order valence-corrected chi connectivity index (χ1v) is 12.6. The van der Waals surface area contributed by atoms with Crippen molar-refractivity contribution in [1.29, 1.82) is 0 Å². The summed E-state index contributed by atoms with van der Waals surface area (Å²) in [6, 6.07) is 4.19. The summed E-state index contributed by atoms with van der Waals surface area (Å²) in [6.07, 6.45) is 2.94. The maximum Gasteiger partial charge on any atom is 0.303 e. The predicted molar refractivity (Wildman–Crippen MR) is 136 cm³/mol. The molecule has 0 unspecified atom stereocenters. The van der Waals surface area contributed by atoms with Crippen molar-refractivity contribution >= 4 is 63.2 Å². The Labute approximate surface area is 214 Å². The molecule has 180 valence electrons. The maximum atomic E-state index is 12.4. The summed E-state index contributed by atoms with van der Waals surface area (Å²) < 4.78 is 13.9. The number of anilines is 1. The molecule has 0 aliphatic carbocycles. The summed E-state index contributed by atoms with van der Waals surface area (Å²) in [5.74, 6) is 0.361. The molecule has 4 rings (SSSR count). The van der Waals surface area contributed by atoms with Gasteiger partial charge in [-0.05, 0) is 60.6 Å². The number of hydrogen-bond acceptors (Lipinski definition) is 9. The standard InChI is InChI=1S/C22H25IN6O4S/c1-12(30)33-22(2,3)20(31)25-6-4-7-29-19-17(18(24)26-11-27-19)28-21(29)34-16-10-15-13(5-8-32-15)9-14(16)23/h9-11H,4-8H2,1-3H3,(H,25,31)(H2,24,26,27). The molecule has 0 radical (unpaired) electrons. The zero-order valence-corrected chi connectivity index (χ0v) is 22.0. The zero-order valence-electron chi connectivity index (χ0n) is 19.1. The number of nitrogens with two attached hydrogens (primary N) is 1. The minimum Gasteiger partial charge on any atom is -0.493 e. The average molecular weight is 596 g/mol. The van der Waals surface area contributed by atoms with E-state index in [1.165, 1.54) is 30.6 Å². The third-order valence-electron chi connectivity index (χ3n) is 5.26. The molecule has 0 saturated heterocycles. The van der Waals surface area contributed by atoms with E-state index in [9.17, 15) is 9.59 Å². The highest BCUT2D eigenvalue weighted by molar-refractivity contribution is 14.1. The molecule has 0 saturated carbocycles. The van der Waals surface area contributed by atoms with Gasteiger partial charge >= 0.3 is 5.97 Å². The lowest BCUT2D eigenvalue weighted by Crippen LogP contribution is -2.45. The number of fused-ring (bicyclic) bond motifs is 2. The van der Waals surface area contributed by atoms with Crippen LogP contribution in [0.2, 0.25) is 0 Å². The number of amides is 1. The SMILES string of the molecule is CC(=O)OC(C)(C)C(=O)NCCCn1c(Sc2cc3c(cc2I)CCO3)nc2c(N)ncnc21. The molecule has 1 aliphatic heterocycles. The van der Waals surface area contributed by atoms with Crippen LogP contribution >= 0.6 is 34.4 Å². The highest BCUT2D eigenvalue weighted by Gasteiger charge is 2.30. The van der Waals surface area contributed by atoms with Gasteiger partial charge in [0, 0.05) is 34.9 Å². The lowest BCUT2D eigenvalue weighted by molar-refractivity contribution is -0.162. The number of rotatable bonds is 8. The van der Waals surface area contributed by atoms with Crippen molar-refractivity contribution < 1.29 is 19.1 Å². The second kappa shape index (κ2) is 9.94. The summed E-state index contributed by atoms with van der Waals surface area (Å²) in [4.78, 5) is 37.8. The number of carbonyl (C=O) groups is 2. The van der Waals surface area contributed by atoms with Gasteiger partial charge in [-0.15, -0.1) is 0 Å². The summed E-state index contributed by atoms with van der Waals surface area (Å²) in [5.41, 5.74) is 7.21. The van der Waals surface area contributed by atoms with Crippen LogP contribution in [0.1, 0.15) is 32.8 Å². The highest BCUT2D eigenvalue weighted by Crippen LogP contribution is 2.38. The van der Waals surface area contributed by atoms with Gasteiger partial charge in [-0.25, -0.2) is 15.0 Å². The van der Waals surface area contributed by atoms with Gasteiger partial charge in [0.15, 0.2) is 27.7 Å². The van der Waals surface area contributed by atoms with Gasteiger partial charge in [0.1, 0.15) is 12.1 Å². The van der Waals surface area contributed by atoms with Gasteiger partial charge < -0.3 is 25.1 Å². The highest BCUT2D eigenvalue weighted by atomic mass is 127. The first kappa shape index (κ1) is 24.5. The molecule has 3 aromatic rings. The fourth-order valence-corrected chi connectivity index (χ4v) is 5.43. The van der Waals surface area contributed by atoms with Crippen molar-refractivity contribution in [3.63, 3.8) is 0 Å². The molecule has 3 N–H and O–H groups in total. The molecule has 34 heavy (non-hydrogen) atoms. The van der Waals surface area contributed by atoms with Crippen LogP contribution in [0.25, 0.3) is 11.2 Å². The lowest BCUT2D eigenvalue weighted by Gasteiger charge is -2.23. The normalized spacial score (nSPS) is 12.9. The number of benzene rings is 1. The van der Waals surface area contributed by atoms with Crippen molar-refractivity contribution in [3.05, 3.63) is 27.6 Å². The fourth-order valence-electron chi connectivity index (χ4n) is 3.62. The third-order valence-corrected chi connectivity index (χ3v) is 7.57. The number of aryl methyl sites for hydroxylation is 1. The molecule has 1 aliphatic rings. The third kappa shape index (κ3) is 5.22. The number of nitrogens with zero attached hydrogens (tertiary/aromatic N) is 4. The van der Waals surface area contributed by atoms with E-state index in [2.05, 4.69) is 43.9 Å². The van der Waals surface area contributed by atoms with Crippen LogP contribution in [0.5, 0.6) is 5.75 Å². The molecule has 0 atom stereocenters. The van der Waals surface area contributed by atoms with Gasteiger partial charge in [-0.3, -0.25) is 9.59 Å². The first-order valence-electron chi connectivity index (χ1n) is 10.7. The largest absolute Gasteiger partial charge is 0.493 e. The van der Waals surface area contributed by atoms with Gasteiger partial charge in [0.2, 0.25) is 0 Å². The van der Waals surface area contributed by atoms with Crippen LogP contribution in [0.4, 0.5) is 5.82 Å². The quantitative estimate of drug-likeness (QED) is 0.229. The molecule has 0 fully saturated rings. The van der Waals surface area contributed by atoms with E-state index in [1.54, 1.807) is 13.8 Å². The Morgan fingerprint density at radius 3 is 2.91 bits per heavy atom. The Morgan fingerprint density at radius 2 is 2.15 bits per heavy atom. The molecule has 10 nitrogen and oxygen atoms in total. The van der Waals surface area contributed by atoms with Gasteiger partial charge in [0.05, 0.1) is 6.61 Å². The van der Waals surface area contributed by atoms with Crippen LogP contribution in [0.3, 0.4) is 0 Å². The molecule has 0 spiro atoms. The molecule has 2 aromatic heterocycles. The van der Waals surface area contributed by atoms with E-state index in [4.69, 9.17) is 20.2 Å². The second-order valence-electron chi connectivity index (χ2n) is 8.28. The van der Waals surface area contributed by atoms with Crippen molar-refractivity contribution in [2.24, 2.45) is 0 Å². The minimum atomic E-state index is -1.23. The molecule has 1 amide bonds. The van der Waals surface area contributed by atoms with Crippen LogP contribution in [-0.4, -0.2) is 50.1 Å². The number of esters is 1. The summed E-state index contributed by atoms with van der Waals surface area (Å²) >= 11 is 3.84. The second-order valence-corrected chi connectivity index (χ2v) is 10.5. The van der Waals surface area contributed by atoms with Crippen LogP contribution in [-0.2, 0) is 27.3 Å². The number of hydrogen-bond donors (Lipinski definition) is 2. The number of ether oxygens (including phenoxy) is 2. The Bertz CT molecular complexity index is 1260. The Kier molecular flexibility index (Phi) is 7.17. The molecule has 3 heterocycles. The molecular weight excluding hydrogens is 571 g/mol. The Hall–Kier alpha value is -2.61. The van der Waals surface area contributed by atoms with Crippen molar-refractivity contribution in [3.8, 4) is 5.75 Å². The molecular formula is C22H25IN6O4S. The lowest BCUT2D eigenvalue weighted by atomic mass is 10.1. The molecule has 1 aromatic carbocycles. The summed E-state index contributed by atoms with van der Waals surface area (Å²) in [5, 5.41) is 3.55. The molecule has 12 heteroatoms. The zero-order chi connectivity index (χ0) is 24.5. The summed E-state index contributed by atoms with van der Waals surface area (Å²) in [6.45, 7) is 6.02. The van der Waals surface area contributed by atoms with E-state index in [1.807, 2.05) is 10.6 Å². The van der Waals surface area contributed by atoms with Gasteiger partial charge in [-0.2, -0.15) is 0 Å². The van der Waals surface area contributed by atoms with Crippen molar-refractivity contribution in [2.45, 2.75) is 55.8 Å². The van der Waals surface area contributed by atoms with E-state index in [-0.39, 0.29) is 5.91 Å². The summed E-state index contributed by atoms with van der Waals surface area (Å²) in [7, 11) is 0. The van der Waals surface area contributed by atoms with E-state index < -0.39 is 11.6 Å². The van der Waals surface area contributed by atoms with Gasteiger partial charge in [-0.1, -0.05) is 11.8 Å².